The van der Waals surface area contributed by atoms with Crippen molar-refractivity contribution in [3.8, 4) is 0 Å². The van der Waals surface area contributed by atoms with Gasteiger partial charge in [-0.1, -0.05) is 43.9 Å². The van der Waals surface area contributed by atoms with Gasteiger partial charge >= 0.3 is 0 Å². The molecule has 0 aliphatic carbocycles. The van der Waals surface area contributed by atoms with E-state index in [1.165, 1.54) is 0 Å². The van der Waals surface area contributed by atoms with Crippen molar-refractivity contribution in [3.05, 3.63) is 5.51 Å². The number of thioether (sulfide) groups is 1. The van der Waals surface area contributed by atoms with Gasteiger partial charge in [0.05, 0.1) is 0 Å². The highest BCUT2D eigenvalue weighted by atomic mass is 32.2. The Morgan fingerprint density at radius 2 is 2.29 bits per heavy atom. The minimum atomic E-state index is 0.319. The molecule has 1 rings (SSSR count). The summed E-state index contributed by atoms with van der Waals surface area (Å²) >= 11 is 7.78. The van der Waals surface area contributed by atoms with E-state index < -0.39 is 0 Å². The third kappa shape index (κ3) is 3.79. The summed E-state index contributed by atoms with van der Waals surface area (Å²) in [6.07, 6.45) is 0. The summed E-state index contributed by atoms with van der Waals surface area (Å²) in [6.45, 7) is 6.78. The highest BCUT2D eigenvalue weighted by Gasteiger charge is 2.23. The number of aromatic nitrogens is 2. The Morgan fingerprint density at radius 1 is 1.57 bits per heavy atom. The van der Waals surface area contributed by atoms with Gasteiger partial charge in [0.1, 0.15) is 5.51 Å². The quantitative estimate of drug-likeness (QED) is 0.654. The molecule has 5 heteroatoms. The Morgan fingerprint density at radius 3 is 2.71 bits per heavy atom. The van der Waals surface area contributed by atoms with Crippen LogP contribution in [0.25, 0.3) is 0 Å². The summed E-state index contributed by atoms with van der Waals surface area (Å²) in [5.74, 6) is 2.61. The first-order chi connectivity index (χ1) is 6.54. The Hall–Kier alpha value is 0.260. The second-order valence-corrected chi connectivity index (χ2v) is 6.73. The van der Waals surface area contributed by atoms with Crippen LogP contribution in [0, 0.1) is 11.3 Å². The fourth-order valence-electron chi connectivity index (χ4n) is 0.974. The van der Waals surface area contributed by atoms with Crippen LogP contribution in [-0.2, 0) is 0 Å². The molecule has 0 aliphatic rings. The Balaban J connectivity index is 2.43. The third-order valence-electron chi connectivity index (χ3n) is 2.19. The summed E-state index contributed by atoms with van der Waals surface area (Å²) in [7, 11) is 0. The van der Waals surface area contributed by atoms with Crippen molar-refractivity contribution < 1.29 is 0 Å². The van der Waals surface area contributed by atoms with Crippen LogP contribution in [0.3, 0.4) is 0 Å². The lowest BCUT2D eigenvalue weighted by Crippen LogP contribution is -2.24. The predicted molar refractivity (Wildman–Crippen MR) is 67.4 cm³/mol. The molecule has 1 aromatic rings. The van der Waals surface area contributed by atoms with Crippen molar-refractivity contribution in [1.29, 1.82) is 0 Å². The molecule has 0 aliphatic heterocycles. The number of hydrogen-bond donors (Lipinski definition) is 1. The highest BCUT2D eigenvalue weighted by molar-refractivity contribution is 8.01. The Bertz CT molecular complexity index is 254. The molecule has 80 valence electrons. The van der Waals surface area contributed by atoms with Gasteiger partial charge in [-0.3, -0.25) is 0 Å². The molecule has 0 spiro atoms. The van der Waals surface area contributed by atoms with Crippen molar-refractivity contribution >= 4 is 35.7 Å². The minimum absolute atomic E-state index is 0.319. The average molecular weight is 248 g/mol. The molecule has 0 bridgehead atoms. The largest absolute Gasteiger partial charge is 0.179 e. The Kier molecular flexibility index (Phi) is 4.73. The summed E-state index contributed by atoms with van der Waals surface area (Å²) in [6, 6.07) is 0. The molecule has 1 aromatic heterocycles. The van der Waals surface area contributed by atoms with Crippen molar-refractivity contribution in [2.45, 2.75) is 25.1 Å². The Labute approximate surface area is 99.3 Å². The van der Waals surface area contributed by atoms with Crippen LogP contribution in [0.4, 0.5) is 0 Å². The topological polar surface area (TPSA) is 25.8 Å². The van der Waals surface area contributed by atoms with E-state index in [4.69, 9.17) is 0 Å². The van der Waals surface area contributed by atoms with Gasteiger partial charge in [0.15, 0.2) is 4.34 Å². The first-order valence-electron chi connectivity index (χ1n) is 4.54. The summed E-state index contributed by atoms with van der Waals surface area (Å²) in [5.41, 5.74) is 2.09. The van der Waals surface area contributed by atoms with Gasteiger partial charge in [0, 0.05) is 5.75 Å². The second-order valence-electron chi connectivity index (χ2n) is 4.26. The number of nitrogens with zero attached hydrogens (tertiary/aromatic N) is 2. The molecule has 0 N–H and O–H groups in total. The van der Waals surface area contributed by atoms with Crippen molar-refractivity contribution in [1.82, 2.24) is 10.2 Å². The molecule has 1 heterocycles. The van der Waals surface area contributed by atoms with Crippen molar-refractivity contribution in [2.75, 3.05) is 11.5 Å². The molecule has 0 fully saturated rings. The van der Waals surface area contributed by atoms with Crippen LogP contribution in [0.5, 0.6) is 0 Å². The van der Waals surface area contributed by atoms with E-state index in [2.05, 4.69) is 43.6 Å². The van der Waals surface area contributed by atoms with Gasteiger partial charge in [-0.25, -0.2) is 0 Å². The maximum atomic E-state index is 4.39. The summed E-state index contributed by atoms with van der Waals surface area (Å²) in [4.78, 5) is 0. The maximum Gasteiger partial charge on any atom is 0.174 e. The van der Waals surface area contributed by atoms with Crippen molar-refractivity contribution in [2.24, 2.45) is 11.3 Å². The minimum Gasteiger partial charge on any atom is -0.179 e. The molecule has 1 unspecified atom stereocenters. The van der Waals surface area contributed by atoms with Crippen LogP contribution in [0.15, 0.2) is 9.85 Å². The lowest BCUT2D eigenvalue weighted by Gasteiger charge is -2.28. The van der Waals surface area contributed by atoms with Crippen molar-refractivity contribution in [3.63, 3.8) is 0 Å². The predicted octanol–water partition coefficient (Wildman–Crippen LogP) is 3.22. The molecule has 0 amide bonds. The molecule has 0 radical (unpaired) electrons. The van der Waals surface area contributed by atoms with E-state index in [1.807, 2.05) is 0 Å². The number of thiol groups is 1. The summed E-state index contributed by atoms with van der Waals surface area (Å²) in [5, 5.41) is 7.83. The zero-order chi connectivity index (χ0) is 10.6. The molecule has 0 aromatic carbocycles. The SMILES string of the molecule is CC(C)(C)C(CS)CSc1nncs1. The smallest absolute Gasteiger partial charge is 0.174 e. The van der Waals surface area contributed by atoms with Gasteiger partial charge < -0.3 is 0 Å². The second kappa shape index (κ2) is 5.37. The molecule has 0 saturated heterocycles. The molecule has 14 heavy (non-hydrogen) atoms. The summed E-state index contributed by atoms with van der Waals surface area (Å²) < 4.78 is 1.06. The lowest BCUT2D eigenvalue weighted by atomic mass is 9.83. The van der Waals surface area contributed by atoms with Crippen LogP contribution in [-0.4, -0.2) is 21.7 Å². The number of rotatable bonds is 4. The lowest BCUT2D eigenvalue weighted by molar-refractivity contribution is 0.294. The third-order valence-corrected chi connectivity index (χ3v) is 4.66. The van der Waals surface area contributed by atoms with E-state index in [1.54, 1.807) is 28.6 Å². The van der Waals surface area contributed by atoms with E-state index in [0.29, 0.717) is 11.3 Å². The van der Waals surface area contributed by atoms with Crippen LogP contribution < -0.4 is 0 Å². The van der Waals surface area contributed by atoms with E-state index in [9.17, 15) is 0 Å². The van der Waals surface area contributed by atoms with Crippen LogP contribution in [0.1, 0.15) is 20.8 Å². The fraction of sp³-hybridized carbons (Fsp3) is 0.778. The van der Waals surface area contributed by atoms with E-state index in [0.717, 1.165) is 15.8 Å². The van der Waals surface area contributed by atoms with Gasteiger partial charge in [0.2, 0.25) is 0 Å². The van der Waals surface area contributed by atoms with Gasteiger partial charge in [-0.15, -0.1) is 10.2 Å². The normalized spacial score (nSPS) is 14.3. The number of hydrogen-bond acceptors (Lipinski definition) is 5. The van der Waals surface area contributed by atoms with E-state index in [-0.39, 0.29) is 0 Å². The molecular formula is C9H16N2S3. The average Bonchev–Trinajstić information content (AvgIpc) is 2.55. The van der Waals surface area contributed by atoms with Crippen LogP contribution >= 0.6 is 35.7 Å². The fourth-order valence-corrected chi connectivity index (χ4v) is 3.78. The van der Waals surface area contributed by atoms with Gasteiger partial charge in [-0.05, 0) is 17.1 Å². The molecule has 1 atom stereocenters. The first kappa shape index (κ1) is 12.3. The zero-order valence-electron chi connectivity index (χ0n) is 8.73. The van der Waals surface area contributed by atoms with Gasteiger partial charge in [0.25, 0.3) is 0 Å². The van der Waals surface area contributed by atoms with E-state index >= 15 is 0 Å². The monoisotopic (exact) mass is 248 g/mol. The molecular weight excluding hydrogens is 232 g/mol. The first-order valence-corrected chi connectivity index (χ1v) is 7.03. The standard InChI is InChI=1S/C9H16N2S3/c1-9(2,3)7(4-12)5-13-8-11-10-6-14-8/h6-7,12H,4-5H2,1-3H3. The molecule has 0 saturated carbocycles. The maximum absolute atomic E-state index is 4.39. The zero-order valence-corrected chi connectivity index (χ0v) is 11.3. The molecule has 2 nitrogen and oxygen atoms in total. The van der Waals surface area contributed by atoms with Crippen LogP contribution in [0.2, 0.25) is 0 Å². The van der Waals surface area contributed by atoms with Gasteiger partial charge in [-0.2, -0.15) is 12.6 Å². The highest BCUT2D eigenvalue weighted by Crippen LogP contribution is 2.32.